The minimum absolute atomic E-state index is 0.176. The number of hydroxylamine groups is 1. The minimum Gasteiger partial charge on any atom is -0.349 e. The Kier molecular flexibility index (Phi) is 5.78. The molecule has 2 aromatic rings. The van der Waals surface area contributed by atoms with Gasteiger partial charge >= 0.3 is 0 Å². The average molecular weight is 366 g/mol. The summed E-state index contributed by atoms with van der Waals surface area (Å²) in [6, 6.07) is 13.2. The van der Waals surface area contributed by atoms with Crippen LogP contribution < -0.4 is 10.8 Å². The standard InChI is InChI=1S/C21H19FN2O3/c22-17-8-3-15(4-9-17)13-19(21(26)23-18-10-11-18)16-6-1-14(2-7-16)5-12-20(25)24-27/h1-9,12-13,18,27H,10-11H2,(H,23,26)(H,24,25)/b12-5+,19-13?. The van der Waals surface area contributed by atoms with Crippen LogP contribution in [0, 0.1) is 5.82 Å². The number of rotatable bonds is 6. The Hall–Kier alpha value is -3.25. The first-order valence-corrected chi connectivity index (χ1v) is 8.56. The first-order valence-electron chi connectivity index (χ1n) is 8.56. The molecule has 5 nitrogen and oxygen atoms in total. The number of carbonyl (C=O) groups excluding carboxylic acids is 2. The number of halogens is 1. The fourth-order valence-corrected chi connectivity index (χ4v) is 2.48. The second kappa shape index (κ2) is 8.42. The first kappa shape index (κ1) is 18.5. The fraction of sp³-hybridized carbons (Fsp3) is 0.143. The molecular weight excluding hydrogens is 347 g/mol. The van der Waals surface area contributed by atoms with Crippen LogP contribution in [0.15, 0.2) is 54.6 Å². The number of amides is 2. The summed E-state index contributed by atoms with van der Waals surface area (Å²) in [7, 11) is 0. The molecule has 3 N–H and O–H groups in total. The van der Waals surface area contributed by atoms with Gasteiger partial charge in [-0.15, -0.1) is 0 Å². The zero-order valence-corrected chi connectivity index (χ0v) is 14.5. The molecule has 2 amide bonds. The van der Waals surface area contributed by atoms with Crippen LogP contribution in [0.2, 0.25) is 0 Å². The van der Waals surface area contributed by atoms with Gasteiger partial charge in [-0.05, 0) is 53.8 Å². The molecule has 27 heavy (non-hydrogen) atoms. The van der Waals surface area contributed by atoms with Gasteiger partial charge in [-0.1, -0.05) is 36.4 Å². The van der Waals surface area contributed by atoms with Gasteiger partial charge in [-0.3, -0.25) is 14.8 Å². The van der Waals surface area contributed by atoms with Crippen molar-refractivity contribution in [2.24, 2.45) is 0 Å². The summed E-state index contributed by atoms with van der Waals surface area (Å²) in [5.74, 6) is -1.14. The lowest BCUT2D eigenvalue weighted by Crippen LogP contribution is -2.26. The molecule has 0 bridgehead atoms. The van der Waals surface area contributed by atoms with Crippen molar-refractivity contribution in [3.05, 3.63) is 77.1 Å². The molecule has 0 heterocycles. The molecule has 0 radical (unpaired) electrons. The van der Waals surface area contributed by atoms with Crippen LogP contribution in [0.4, 0.5) is 4.39 Å². The van der Waals surface area contributed by atoms with Gasteiger partial charge in [0.1, 0.15) is 5.82 Å². The Morgan fingerprint density at radius 2 is 1.63 bits per heavy atom. The molecule has 1 saturated carbocycles. The van der Waals surface area contributed by atoms with Crippen molar-refractivity contribution in [2.75, 3.05) is 0 Å². The second-order valence-corrected chi connectivity index (χ2v) is 6.29. The van der Waals surface area contributed by atoms with Crippen molar-refractivity contribution in [3.63, 3.8) is 0 Å². The lowest BCUT2D eigenvalue weighted by molar-refractivity contribution is -0.124. The van der Waals surface area contributed by atoms with E-state index in [9.17, 15) is 14.0 Å². The lowest BCUT2D eigenvalue weighted by Gasteiger charge is -2.10. The molecule has 1 fully saturated rings. The van der Waals surface area contributed by atoms with E-state index >= 15 is 0 Å². The van der Waals surface area contributed by atoms with Crippen LogP contribution in [0.5, 0.6) is 0 Å². The first-order chi connectivity index (χ1) is 13.0. The Morgan fingerprint density at radius 1 is 1.00 bits per heavy atom. The summed E-state index contributed by atoms with van der Waals surface area (Å²) in [4.78, 5) is 23.7. The van der Waals surface area contributed by atoms with E-state index in [1.165, 1.54) is 23.7 Å². The molecule has 1 aliphatic rings. The quantitative estimate of drug-likeness (QED) is 0.318. The normalized spacial score (nSPS) is 14.2. The van der Waals surface area contributed by atoms with Gasteiger partial charge in [-0.2, -0.15) is 0 Å². The van der Waals surface area contributed by atoms with Gasteiger partial charge in [0, 0.05) is 17.7 Å². The van der Waals surface area contributed by atoms with Crippen molar-refractivity contribution >= 4 is 29.5 Å². The van der Waals surface area contributed by atoms with E-state index in [-0.39, 0.29) is 17.8 Å². The van der Waals surface area contributed by atoms with Crippen LogP contribution in [0.1, 0.15) is 29.5 Å². The lowest BCUT2D eigenvalue weighted by atomic mass is 10.00. The maximum Gasteiger partial charge on any atom is 0.267 e. The summed E-state index contributed by atoms with van der Waals surface area (Å²) in [6.45, 7) is 0. The molecule has 1 aliphatic carbocycles. The van der Waals surface area contributed by atoms with Gasteiger partial charge in [0.05, 0.1) is 0 Å². The third-order valence-corrected chi connectivity index (χ3v) is 4.10. The highest BCUT2D eigenvalue weighted by Gasteiger charge is 2.25. The maximum atomic E-state index is 13.1. The fourth-order valence-electron chi connectivity index (χ4n) is 2.48. The molecule has 138 valence electrons. The highest BCUT2D eigenvalue weighted by atomic mass is 19.1. The second-order valence-electron chi connectivity index (χ2n) is 6.29. The van der Waals surface area contributed by atoms with Crippen LogP contribution in [-0.2, 0) is 9.59 Å². The molecule has 0 atom stereocenters. The topological polar surface area (TPSA) is 78.4 Å². The van der Waals surface area contributed by atoms with E-state index in [2.05, 4.69) is 5.32 Å². The number of hydrogen-bond acceptors (Lipinski definition) is 3. The molecule has 3 rings (SSSR count). The summed E-state index contributed by atoms with van der Waals surface area (Å²) >= 11 is 0. The smallest absolute Gasteiger partial charge is 0.267 e. The van der Waals surface area contributed by atoms with Crippen LogP contribution >= 0.6 is 0 Å². The van der Waals surface area contributed by atoms with Gasteiger partial charge in [0.2, 0.25) is 0 Å². The summed E-state index contributed by atoms with van der Waals surface area (Å²) in [5, 5.41) is 11.5. The third kappa shape index (κ3) is 5.36. The minimum atomic E-state index is -0.625. The van der Waals surface area contributed by atoms with E-state index in [1.807, 2.05) is 0 Å². The van der Waals surface area contributed by atoms with E-state index in [1.54, 1.807) is 48.6 Å². The Balaban J connectivity index is 1.87. The van der Waals surface area contributed by atoms with Crippen LogP contribution in [-0.4, -0.2) is 23.1 Å². The Bertz CT molecular complexity index is 883. The van der Waals surface area contributed by atoms with Crippen LogP contribution in [0.3, 0.4) is 0 Å². The van der Waals surface area contributed by atoms with Gasteiger partial charge < -0.3 is 5.32 Å². The van der Waals surface area contributed by atoms with Crippen molar-refractivity contribution in [1.29, 1.82) is 0 Å². The van der Waals surface area contributed by atoms with Crippen LogP contribution in [0.25, 0.3) is 17.7 Å². The predicted octanol–water partition coefficient (Wildman–Crippen LogP) is 3.16. The largest absolute Gasteiger partial charge is 0.349 e. The molecule has 6 heteroatoms. The van der Waals surface area contributed by atoms with E-state index in [0.717, 1.165) is 24.0 Å². The summed E-state index contributed by atoms with van der Waals surface area (Å²) < 4.78 is 13.1. The molecule has 0 aliphatic heterocycles. The molecular formula is C21H19FN2O3. The third-order valence-electron chi connectivity index (χ3n) is 4.10. The zero-order valence-electron chi connectivity index (χ0n) is 14.5. The molecule has 2 aromatic carbocycles. The predicted molar refractivity (Wildman–Crippen MR) is 101 cm³/mol. The zero-order chi connectivity index (χ0) is 19.2. The number of carbonyl (C=O) groups is 2. The maximum absolute atomic E-state index is 13.1. The van der Waals surface area contributed by atoms with E-state index in [4.69, 9.17) is 5.21 Å². The average Bonchev–Trinajstić information content (AvgIpc) is 3.50. The molecule has 0 aromatic heterocycles. The monoisotopic (exact) mass is 366 g/mol. The van der Waals surface area contributed by atoms with Gasteiger partial charge in [0.15, 0.2) is 0 Å². The highest BCUT2D eigenvalue weighted by Crippen LogP contribution is 2.24. The van der Waals surface area contributed by atoms with E-state index < -0.39 is 5.91 Å². The Labute approximate surface area is 156 Å². The molecule has 0 spiro atoms. The van der Waals surface area contributed by atoms with Gasteiger partial charge in [0.25, 0.3) is 11.8 Å². The molecule has 0 saturated heterocycles. The SMILES string of the molecule is O=C(/C=C/c1ccc(C(=Cc2ccc(F)cc2)C(=O)NC2CC2)cc1)NO. The van der Waals surface area contributed by atoms with Gasteiger partial charge in [-0.25, -0.2) is 9.87 Å². The van der Waals surface area contributed by atoms with Crippen molar-refractivity contribution < 1.29 is 19.2 Å². The number of nitrogens with one attached hydrogen (secondary N) is 2. The number of hydrogen-bond donors (Lipinski definition) is 3. The highest BCUT2D eigenvalue weighted by molar-refractivity contribution is 6.24. The van der Waals surface area contributed by atoms with Crippen molar-refractivity contribution in [3.8, 4) is 0 Å². The van der Waals surface area contributed by atoms with Crippen molar-refractivity contribution in [2.45, 2.75) is 18.9 Å². The summed E-state index contributed by atoms with van der Waals surface area (Å²) in [6.07, 6.45) is 6.42. The Morgan fingerprint density at radius 3 is 2.22 bits per heavy atom. The molecule has 0 unspecified atom stereocenters. The van der Waals surface area contributed by atoms with E-state index in [0.29, 0.717) is 11.1 Å². The summed E-state index contributed by atoms with van der Waals surface area (Å²) in [5.41, 5.74) is 4.18. The van der Waals surface area contributed by atoms with Crippen molar-refractivity contribution in [1.82, 2.24) is 10.8 Å². The number of benzene rings is 2.